The normalized spacial score (nSPS) is 14.8. The van der Waals surface area contributed by atoms with Crippen LogP contribution in [0.3, 0.4) is 0 Å². The van der Waals surface area contributed by atoms with E-state index in [-0.39, 0.29) is 12.4 Å². The van der Waals surface area contributed by atoms with Crippen LogP contribution in [0.1, 0.15) is 33.5 Å². The van der Waals surface area contributed by atoms with E-state index >= 15 is 0 Å². The second-order valence-electron chi connectivity index (χ2n) is 6.60. The quantitative estimate of drug-likeness (QED) is 0.462. The molecule has 0 spiro atoms. The van der Waals surface area contributed by atoms with Crippen LogP contribution in [0, 0.1) is 0 Å². The number of aryl methyl sites for hydroxylation is 2. The molecule has 0 fully saturated rings. The maximum atomic E-state index is 12.3. The number of carbonyl (C=O) groups is 2. The molecule has 5 nitrogen and oxygen atoms in total. The van der Waals surface area contributed by atoms with Crippen LogP contribution in [-0.2, 0) is 22.4 Å². The topological polar surface area (TPSA) is 61.8 Å². The molecule has 0 radical (unpaired) electrons. The molecule has 2 aliphatic rings. The number of carbonyl (C=O) groups excluding carboxylic acids is 2. The first-order chi connectivity index (χ1) is 13.2. The molecular formula is C22H20O5. The number of hydrogen-bond acceptors (Lipinski definition) is 5. The number of ketones is 1. The number of benzene rings is 2. The molecule has 0 bridgehead atoms. The van der Waals surface area contributed by atoms with Crippen molar-refractivity contribution in [2.45, 2.75) is 19.3 Å². The third-order valence-corrected chi connectivity index (χ3v) is 4.74. The van der Waals surface area contributed by atoms with Crippen molar-refractivity contribution in [2.75, 3.05) is 19.8 Å². The molecule has 5 heteroatoms. The predicted molar refractivity (Wildman–Crippen MR) is 100 cm³/mol. The van der Waals surface area contributed by atoms with E-state index in [1.165, 1.54) is 17.2 Å². The van der Waals surface area contributed by atoms with E-state index in [1.807, 2.05) is 24.3 Å². The Balaban J connectivity index is 1.33. The van der Waals surface area contributed by atoms with Crippen LogP contribution in [-0.4, -0.2) is 31.6 Å². The van der Waals surface area contributed by atoms with E-state index in [0.29, 0.717) is 30.3 Å². The lowest BCUT2D eigenvalue weighted by Crippen LogP contribution is -2.15. The van der Waals surface area contributed by atoms with Gasteiger partial charge in [0.15, 0.2) is 23.9 Å². The van der Waals surface area contributed by atoms with Gasteiger partial charge in [-0.05, 0) is 60.2 Å². The monoisotopic (exact) mass is 364 g/mol. The van der Waals surface area contributed by atoms with Gasteiger partial charge in [0.2, 0.25) is 0 Å². The number of rotatable bonds is 5. The molecular weight excluding hydrogens is 344 g/mol. The van der Waals surface area contributed by atoms with Crippen molar-refractivity contribution in [3.63, 3.8) is 0 Å². The van der Waals surface area contributed by atoms with Crippen molar-refractivity contribution in [1.29, 1.82) is 0 Å². The van der Waals surface area contributed by atoms with Crippen LogP contribution in [0.25, 0.3) is 6.08 Å². The molecule has 0 aromatic heterocycles. The van der Waals surface area contributed by atoms with Crippen LogP contribution in [0.2, 0.25) is 0 Å². The highest BCUT2D eigenvalue weighted by molar-refractivity contribution is 5.99. The summed E-state index contributed by atoms with van der Waals surface area (Å²) in [6.45, 7) is 0.781. The van der Waals surface area contributed by atoms with Crippen molar-refractivity contribution < 1.29 is 23.8 Å². The fourth-order valence-corrected chi connectivity index (χ4v) is 3.34. The van der Waals surface area contributed by atoms with E-state index in [0.717, 1.165) is 24.8 Å². The number of fused-ring (bicyclic) bond motifs is 2. The highest BCUT2D eigenvalue weighted by Gasteiger charge is 2.15. The molecule has 0 unspecified atom stereocenters. The fraction of sp³-hybridized carbons (Fsp3) is 0.273. The highest BCUT2D eigenvalue weighted by atomic mass is 16.6. The van der Waals surface area contributed by atoms with Crippen molar-refractivity contribution in [1.82, 2.24) is 0 Å². The Morgan fingerprint density at radius 3 is 2.67 bits per heavy atom. The van der Waals surface area contributed by atoms with Crippen molar-refractivity contribution in [2.24, 2.45) is 0 Å². The average Bonchev–Trinajstić information content (AvgIpc) is 3.18. The summed E-state index contributed by atoms with van der Waals surface area (Å²) in [5, 5.41) is 0. The van der Waals surface area contributed by atoms with E-state index in [2.05, 4.69) is 0 Å². The Kier molecular flexibility index (Phi) is 4.92. The lowest BCUT2D eigenvalue weighted by atomic mass is 10.0. The Hall–Kier alpha value is -3.08. The molecule has 27 heavy (non-hydrogen) atoms. The van der Waals surface area contributed by atoms with Gasteiger partial charge in [-0.25, -0.2) is 4.79 Å². The number of Topliss-reactive ketones (excluding diaryl/α,β-unsaturated/α-hetero) is 1. The third-order valence-electron chi connectivity index (χ3n) is 4.74. The molecule has 1 aliphatic carbocycles. The van der Waals surface area contributed by atoms with Gasteiger partial charge in [0.25, 0.3) is 0 Å². The molecule has 0 atom stereocenters. The van der Waals surface area contributed by atoms with Crippen molar-refractivity contribution >= 4 is 17.8 Å². The molecule has 1 heterocycles. The van der Waals surface area contributed by atoms with Crippen LogP contribution in [0.15, 0.2) is 42.5 Å². The summed E-state index contributed by atoms with van der Waals surface area (Å²) in [7, 11) is 0. The van der Waals surface area contributed by atoms with Gasteiger partial charge in [0, 0.05) is 11.6 Å². The van der Waals surface area contributed by atoms with Crippen LogP contribution in [0.5, 0.6) is 11.5 Å². The largest absolute Gasteiger partial charge is 0.486 e. The van der Waals surface area contributed by atoms with Gasteiger partial charge in [-0.15, -0.1) is 0 Å². The van der Waals surface area contributed by atoms with Gasteiger partial charge in [0.1, 0.15) is 13.2 Å². The molecule has 1 aliphatic heterocycles. The second-order valence-corrected chi connectivity index (χ2v) is 6.60. The molecule has 0 saturated carbocycles. The maximum Gasteiger partial charge on any atom is 0.331 e. The molecule has 2 aromatic carbocycles. The molecule has 138 valence electrons. The highest BCUT2D eigenvalue weighted by Crippen LogP contribution is 2.31. The van der Waals surface area contributed by atoms with Crippen LogP contribution >= 0.6 is 0 Å². The van der Waals surface area contributed by atoms with Crippen molar-refractivity contribution in [3.8, 4) is 11.5 Å². The lowest BCUT2D eigenvalue weighted by Gasteiger charge is -2.18. The molecule has 0 amide bonds. The van der Waals surface area contributed by atoms with Gasteiger partial charge < -0.3 is 14.2 Å². The zero-order valence-electron chi connectivity index (χ0n) is 14.9. The Morgan fingerprint density at radius 2 is 1.78 bits per heavy atom. The van der Waals surface area contributed by atoms with Crippen LogP contribution in [0.4, 0.5) is 0 Å². The van der Waals surface area contributed by atoms with E-state index < -0.39 is 5.97 Å². The molecule has 2 aromatic rings. The molecule has 4 rings (SSSR count). The summed E-state index contributed by atoms with van der Waals surface area (Å²) >= 11 is 0. The van der Waals surface area contributed by atoms with Crippen LogP contribution < -0.4 is 9.47 Å². The predicted octanol–water partition coefficient (Wildman–Crippen LogP) is 3.39. The summed E-state index contributed by atoms with van der Waals surface area (Å²) in [4.78, 5) is 24.2. The Bertz CT molecular complexity index is 913. The summed E-state index contributed by atoms with van der Waals surface area (Å²) in [5.74, 6) is 0.606. The van der Waals surface area contributed by atoms with E-state index in [9.17, 15) is 9.59 Å². The Labute approximate surface area is 157 Å². The van der Waals surface area contributed by atoms with Gasteiger partial charge in [0.05, 0.1) is 0 Å². The van der Waals surface area contributed by atoms with E-state index in [4.69, 9.17) is 14.2 Å². The minimum atomic E-state index is -0.556. The maximum absolute atomic E-state index is 12.3. The van der Waals surface area contributed by atoms with E-state index in [1.54, 1.807) is 18.2 Å². The average molecular weight is 364 g/mol. The number of ether oxygens (including phenoxy) is 3. The summed E-state index contributed by atoms with van der Waals surface area (Å²) in [6.07, 6.45) is 6.15. The van der Waals surface area contributed by atoms with Gasteiger partial charge in [-0.1, -0.05) is 18.2 Å². The minimum Gasteiger partial charge on any atom is -0.486 e. The smallest absolute Gasteiger partial charge is 0.331 e. The van der Waals surface area contributed by atoms with Crippen molar-refractivity contribution in [3.05, 3.63) is 64.7 Å². The zero-order chi connectivity index (χ0) is 18.6. The minimum absolute atomic E-state index is 0.189. The second kappa shape index (κ2) is 7.66. The number of esters is 1. The first-order valence-electron chi connectivity index (χ1n) is 9.08. The fourth-order valence-electron chi connectivity index (χ4n) is 3.34. The summed E-state index contributed by atoms with van der Waals surface area (Å²) in [5.41, 5.74) is 3.93. The summed E-state index contributed by atoms with van der Waals surface area (Å²) in [6, 6.07) is 11.2. The van der Waals surface area contributed by atoms with Gasteiger partial charge >= 0.3 is 5.97 Å². The van der Waals surface area contributed by atoms with Gasteiger partial charge in [-0.2, -0.15) is 0 Å². The first kappa shape index (κ1) is 17.3. The Morgan fingerprint density at radius 1 is 0.963 bits per heavy atom. The molecule has 0 N–H and O–H groups in total. The first-order valence-corrected chi connectivity index (χ1v) is 9.08. The SMILES string of the molecule is O=C(/C=C/c1ccc2c(c1)OCCO2)OCC(=O)c1ccc2c(c1)CCC2. The third kappa shape index (κ3) is 4.03. The summed E-state index contributed by atoms with van der Waals surface area (Å²) < 4.78 is 16.1. The van der Waals surface area contributed by atoms with Gasteiger partial charge in [-0.3, -0.25) is 4.79 Å². The molecule has 0 saturated heterocycles. The lowest BCUT2D eigenvalue weighted by molar-refractivity contribution is -0.136. The standard InChI is InChI=1S/C22H20O5/c23-19(18-7-6-16-2-1-3-17(16)13-18)14-27-22(24)9-5-15-4-8-20-21(12-15)26-11-10-25-20/h4-9,12-13H,1-3,10-11,14H2/b9-5+. The zero-order valence-corrected chi connectivity index (χ0v) is 14.9. The number of hydrogen-bond donors (Lipinski definition) is 0.